The molecule has 4 nitrogen and oxygen atoms in total. The molecule has 0 saturated carbocycles. The number of fused-ring (bicyclic) bond motifs is 1. The molecule has 3 rings (SSSR count). The van der Waals surface area contributed by atoms with Gasteiger partial charge in [-0.2, -0.15) is 5.10 Å². The van der Waals surface area contributed by atoms with Gasteiger partial charge in [0.15, 0.2) is 0 Å². The van der Waals surface area contributed by atoms with Gasteiger partial charge >= 0.3 is 0 Å². The minimum Gasteiger partial charge on any atom is -0.488 e. The summed E-state index contributed by atoms with van der Waals surface area (Å²) in [6.45, 7) is 0. The second kappa shape index (κ2) is 4.46. The molecule has 0 spiro atoms. The van der Waals surface area contributed by atoms with Crippen LogP contribution in [0.2, 0.25) is 0 Å². The van der Waals surface area contributed by atoms with Crippen LogP contribution < -0.4 is 10.5 Å². The molecule has 1 aliphatic rings. The van der Waals surface area contributed by atoms with Crippen LogP contribution in [0.25, 0.3) is 0 Å². The van der Waals surface area contributed by atoms with Crippen molar-refractivity contribution in [1.82, 2.24) is 9.78 Å². The molecule has 2 heterocycles. The molecule has 0 fully saturated rings. The van der Waals surface area contributed by atoms with Gasteiger partial charge in [-0.25, -0.2) is 0 Å². The summed E-state index contributed by atoms with van der Waals surface area (Å²) in [6, 6.07) is 10.1. The second-order valence-electron chi connectivity index (χ2n) is 4.82. The summed E-state index contributed by atoms with van der Waals surface area (Å²) in [5.41, 5.74) is 8.49. The van der Waals surface area contributed by atoms with Gasteiger partial charge in [-0.1, -0.05) is 18.2 Å². The third-order valence-corrected chi connectivity index (χ3v) is 3.36. The van der Waals surface area contributed by atoms with Crippen LogP contribution in [0.1, 0.15) is 11.3 Å². The highest BCUT2D eigenvalue weighted by Gasteiger charge is 2.28. The van der Waals surface area contributed by atoms with E-state index in [0.717, 1.165) is 24.3 Å². The normalized spacial score (nSPS) is 19.3. The Kier molecular flexibility index (Phi) is 2.80. The lowest BCUT2D eigenvalue weighted by atomic mass is 10.0. The fraction of sp³-hybridized carbons (Fsp3) is 0.357. The van der Waals surface area contributed by atoms with E-state index in [1.165, 1.54) is 5.56 Å². The Morgan fingerprint density at radius 3 is 3.00 bits per heavy atom. The molecule has 2 atom stereocenters. The zero-order valence-electron chi connectivity index (χ0n) is 10.4. The summed E-state index contributed by atoms with van der Waals surface area (Å²) in [7, 11) is 1.91. The highest BCUT2D eigenvalue weighted by Crippen LogP contribution is 2.29. The van der Waals surface area contributed by atoms with Crippen LogP contribution in [0.5, 0.6) is 5.75 Å². The van der Waals surface area contributed by atoms with E-state index in [9.17, 15) is 0 Å². The standard InChI is InChI=1S/C14H17N3O/c1-17-7-6-11(16-17)9-12(15)14-8-10-4-2-3-5-13(10)18-14/h2-7,12,14H,8-9,15H2,1H3. The first kappa shape index (κ1) is 11.3. The van der Waals surface area contributed by atoms with Crippen molar-refractivity contribution in [3.05, 3.63) is 47.8 Å². The van der Waals surface area contributed by atoms with Gasteiger partial charge < -0.3 is 10.5 Å². The molecule has 0 aliphatic carbocycles. The molecule has 1 aromatic carbocycles. The lowest BCUT2D eigenvalue weighted by molar-refractivity contribution is 0.197. The molecule has 4 heteroatoms. The van der Waals surface area contributed by atoms with Gasteiger partial charge in [-0.15, -0.1) is 0 Å². The summed E-state index contributed by atoms with van der Waals surface area (Å²) < 4.78 is 7.69. The molecule has 2 N–H and O–H groups in total. The second-order valence-corrected chi connectivity index (χ2v) is 4.82. The van der Waals surface area contributed by atoms with Crippen molar-refractivity contribution in [2.45, 2.75) is 25.0 Å². The molecular weight excluding hydrogens is 226 g/mol. The number of ether oxygens (including phenoxy) is 1. The third kappa shape index (κ3) is 2.11. The Bertz CT molecular complexity index is 524. The van der Waals surface area contributed by atoms with Gasteiger partial charge in [-0.3, -0.25) is 4.68 Å². The third-order valence-electron chi connectivity index (χ3n) is 3.36. The predicted molar refractivity (Wildman–Crippen MR) is 69.4 cm³/mol. The van der Waals surface area contributed by atoms with E-state index in [2.05, 4.69) is 11.2 Å². The zero-order valence-corrected chi connectivity index (χ0v) is 10.4. The van der Waals surface area contributed by atoms with E-state index in [1.807, 2.05) is 37.5 Å². The van der Waals surface area contributed by atoms with E-state index in [1.54, 1.807) is 4.68 Å². The van der Waals surface area contributed by atoms with Gasteiger partial charge in [0, 0.05) is 32.1 Å². The quantitative estimate of drug-likeness (QED) is 0.884. The van der Waals surface area contributed by atoms with Crippen molar-refractivity contribution in [3.8, 4) is 5.75 Å². The summed E-state index contributed by atoms with van der Waals surface area (Å²) in [5.74, 6) is 0.971. The first-order chi connectivity index (χ1) is 8.72. The average Bonchev–Trinajstić information content (AvgIpc) is 2.95. The first-order valence-corrected chi connectivity index (χ1v) is 6.21. The minimum absolute atomic E-state index is 0.0210. The highest BCUT2D eigenvalue weighted by atomic mass is 16.5. The number of hydrogen-bond donors (Lipinski definition) is 1. The number of hydrogen-bond acceptors (Lipinski definition) is 3. The summed E-state index contributed by atoms with van der Waals surface area (Å²) in [5, 5.41) is 4.35. The topological polar surface area (TPSA) is 53.1 Å². The van der Waals surface area contributed by atoms with Gasteiger partial charge in [0.1, 0.15) is 11.9 Å². The maximum Gasteiger partial charge on any atom is 0.123 e. The number of rotatable bonds is 3. The predicted octanol–water partition coefficient (Wildman–Crippen LogP) is 1.29. The van der Waals surface area contributed by atoms with Gasteiger partial charge in [0.25, 0.3) is 0 Å². The van der Waals surface area contributed by atoms with E-state index >= 15 is 0 Å². The monoisotopic (exact) mass is 243 g/mol. The molecule has 0 radical (unpaired) electrons. The number of para-hydroxylation sites is 1. The summed E-state index contributed by atoms with van der Waals surface area (Å²) >= 11 is 0. The van der Waals surface area contributed by atoms with Crippen molar-refractivity contribution in [2.24, 2.45) is 12.8 Å². The maximum atomic E-state index is 6.23. The van der Waals surface area contributed by atoms with Crippen molar-refractivity contribution in [3.63, 3.8) is 0 Å². The molecule has 18 heavy (non-hydrogen) atoms. The molecule has 1 aromatic heterocycles. The van der Waals surface area contributed by atoms with Gasteiger partial charge in [0.2, 0.25) is 0 Å². The Hall–Kier alpha value is -1.81. The SMILES string of the molecule is Cn1ccc(CC(N)C2Cc3ccccc3O2)n1. The molecule has 2 aromatic rings. The number of nitrogens with zero attached hydrogens (tertiary/aromatic N) is 2. The van der Waals surface area contributed by atoms with E-state index in [-0.39, 0.29) is 12.1 Å². The highest BCUT2D eigenvalue weighted by molar-refractivity contribution is 5.37. The molecule has 0 amide bonds. The Labute approximate surface area is 106 Å². The summed E-state index contributed by atoms with van der Waals surface area (Å²) in [6.07, 6.45) is 3.64. The van der Waals surface area contributed by atoms with Gasteiger partial charge in [0.05, 0.1) is 5.69 Å². The van der Waals surface area contributed by atoms with Crippen molar-refractivity contribution in [1.29, 1.82) is 0 Å². The minimum atomic E-state index is -0.0210. The van der Waals surface area contributed by atoms with E-state index < -0.39 is 0 Å². The number of benzene rings is 1. The molecule has 94 valence electrons. The van der Waals surface area contributed by atoms with Crippen molar-refractivity contribution < 1.29 is 4.74 Å². The van der Waals surface area contributed by atoms with Crippen LogP contribution in [0.15, 0.2) is 36.5 Å². The van der Waals surface area contributed by atoms with Crippen LogP contribution in [0.3, 0.4) is 0 Å². The largest absolute Gasteiger partial charge is 0.488 e. The van der Waals surface area contributed by atoms with Crippen LogP contribution >= 0.6 is 0 Å². The van der Waals surface area contributed by atoms with Crippen molar-refractivity contribution >= 4 is 0 Å². The Balaban J connectivity index is 1.67. The molecule has 1 aliphatic heterocycles. The lowest BCUT2D eigenvalue weighted by Gasteiger charge is -2.18. The molecule has 2 unspecified atom stereocenters. The molecule has 0 saturated heterocycles. The van der Waals surface area contributed by atoms with E-state index in [4.69, 9.17) is 10.5 Å². The van der Waals surface area contributed by atoms with E-state index in [0.29, 0.717) is 0 Å². The lowest BCUT2D eigenvalue weighted by Crippen LogP contribution is -2.39. The fourth-order valence-electron chi connectivity index (χ4n) is 2.39. The molecule has 0 bridgehead atoms. The van der Waals surface area contributed by atoms with Crippen LogP contribution in [-0.2, 0) is 19.9 Å². The first-order valence-electron chi connectivity index (χ1n) is 6.21. The maximum absolute atomic E-state index is 6.23. The average molecular weight is 243 g/mol. The summed E-state index contributed by atoms with van der Waals surface area (Å²) in [4.78, 5) is 0. The van der Waals surface area contributed by atoms with Gasteiger partial charge in [-0.05, 0) is 17.7 Å². The van der Waals surface area contributed by atoms with Crippen LogP contribution in [-0.4, -0.2) is 21.9 Å². The fourth-order valence-corrected chi connectivity index (χ4v) is 2.39. The Morgan fingerprint density at radius 2 is 2.28 bits per heavy atom. The van der Waals surface area contributed by atoms with Crippen LogP contribution in [0.4, 0.5) is 0 Å². The molecular formula is C14H17N3O. The smallest absolute Gasteiger partial charge is 0.123 e. The Morgan fingerprint density at radius 1 is 1.44 bits per heavy atom. The number of aryl methyl sites for hydroxylation is 1. The number of nitrogens with two attached hydrogens (primary N) is 1. The van der Waals surface area contributed by atoms with Crippen LogP contribution in [0, 0.1) is 0 Å². The number of aromatic nitrogens is 2. The van der Waals surface area contributed by atoms with Crippen molar-refractivity contribution in [2.75, 3.05) is 0 Å². The zero-order chi connectivity index (χ0) is 12.5.